The molecule has 0 bridgehead atoms. The zero-order chi connectivity index (χ0) is 21.3. The first-order valence-electron chi connectivity index (χ1n) is 8.94. The van der Waals surface area contributed by atoms with E-state index in [0.29, 0.717) is 17.2 Å². The molecular weight excluding hydrogens is 438 g/mol. The molecular formula is C19H22BrN7O2. The maximum Gasteiger partial charge on any atom is 0.254 e. The first-order chi connectivity index (χ1) is 13.7. The summed E-state index contributed by atoms with van der Waals surface area (Å²) in [6, 6.07) is 5.58. The van der Waals surface area contributed by atoms with Crippen molar-refractivity contribution in [1.29, 1.82) is 0 Å². The predicted molar refractivity (Wildman–Crippen MR) is 114 cm³/mol. The second kappa shape index (κ2) is 8.16. The van der Waals surface area contributed by atoms with Crippen LogP contribution in [0.5, 0.6) is 0 Å². The zero-order valence-corrected chi connectivity index (χ0v) is 18.2. The van der Waals surface area contributed by atoms with Gasteiger partial charge in [-0.1, -0.05) is 15.9 Å². The van der Waals surface area contributed by atoms with Crippen molar-refractivity contribution in [3.8, 4) is 0 Å². The molecule has 2 aromatic heterocycles. The number of aryl methyl sites for hydroxylation is 3. The first kappa shape index (κ1) is 20.7. The molecule has 2 amide bonds. The van der Waals surface area contributed by atoms with Gasteiger partial charge in [0.2, 0.25) is 17.8 Å². The number of hydrogen-bond donors (Lipinski definition) is 2. The topological polar surface area (TPSA) is 119 Å². The monoisotopic (exact) mass is 459 g/mol. The van der Waals surface area contributed by atoms with Crippen LogP contribution in [0.1, 0.15) is 22.5 Å². The Bertz CT molecular complexity index is 1110. The van der Waals surface area contributed by atoms with Crippen LogP contribution >= 0.6 is 15.9 Å². The van der Waals surface area contributed by atoms with E-state index in [1.165, 1.54) is 9.42 Å². The Labute approximate surface area is 176 Å². The van der Waals surface area contributed by atoms with Crippen molar-refractivity contribution < 1.29 is 9.59 Å². The lowest BCUT2D eigenvalue weighted by Gasteiger charge is -2.18. The molecule has 0 aliphatic rings. The number of aromatic nitrogens is 4. The molecule has 0 fully saturated rings. The quantitative estimate of drug-likeness (QED) is 0.602. The maximum absolute atomic E-state index is 12.7. The van der Waals surface area contributed by atoms with Gasteiger partial charge in [0.1, 0.15) is 0 Å². The highest BCUT2D eigenvalue weighted by molar-refractivity contribution is 9.10. The van der Waals surface area contributed by atoms with Gasteiger partial charge in [-0.15, -0.1) is 5.10 Å². The summed E-state index contributed by atoms with van der Waals surface area (Å²) >= 11 is 3.39. The summed E-state index contributed by atoms with van der Waals surface area (Å²) < 4.78 is 2.46. The number of carbonyl (C=O) groups excluding carboxylic acids is 2. The lowest BCUT2D eigenvalue weighted by molar-refractivity contribution is -0.132. The Morgan fingerprint density at radius 3 is 2.66 bits per heavy atom. The summed E-state index contributed by atoms with van der Waals surface area (Å²) in [6.45, 7) is 5.49. The van der Waals surface area contributed by atoms with Gasteiger partial charge in [-0.25, -0.2) is 4.98 Å². The molecule has 0 radical (unpaired) electrons. The second-order valence-electron chi connectivity index (χ2n) is 6.88. The van der Waals surface area contributed by atoms with E-state index in [1.807, 2.05) is 39.0 Å². The molecule has 3 N–H and O–H groups in total. The van der Waals surface area contributed by atoms with Crippen LogP contribution in [-0.2, 0) is 16.0 Å². The molecule has 3 aromatic rings. The number of nitrogen functional groups attached to an aromatic ring is 1. The maximum atomic E-state index is 12.7. The standard InChI is InChI=1S/C19H22BrN7O2/c1-10-7-13(20)5-6-15(10)23-16(28)9-26(4)17(29)8-14-11(2)22-19-24-18(21)25-27(19)12(14)3/h5-7H,8-9H2,1-4H3,(H2,21,25)(H,23,28). The van der Waals surface area contributed by atoms with Crippen molar-refractivity contribution in [2.24, 2.45) is 0 Å². The molecule has 0 saturated heterocycles. The molecule has 2 heterocycles. The average Bonchev–Trinajstić information content (AvgIpc) is 3.01. The summed E-state index contributed by atoms with van der Waals surface area (Å²) in [4.78, 5) is 34.9. The van der Waals surface area contributed by atoms with E-state index in [-0.39, 0.29) is 30.7 Å². The second-order valence-corrected chi connectivity index (χ2v) is 7.79. The van der Waals surface area contributed by atoms with Crippen LogP contribution in [0.4, 0.5) is 11.6 Å². The van der Waals surface area contributed by atoms with Gasteiger partial charge in [-0.05, 0) is 44.5 Å². The number of nitrogens with one attached hydrogen (secondary N) is 1. The van der Waals surface area contributed by atoms with E-state index in [4.69, 9.17) is 5.73 Å². The molecule has 152 valence electrons. The van der Waals surface area contributed by atoms with Gasteiger partial charge < -0.3 is 16.0 Å². The zero-order valence-electron chi connectivity index (χ0n) is 16.7. The summed E-state index contributed by atoms with van der Waals surface area (Å²) in [7, 11) is 1.60. The highest BCUT2D eigenvalue weighted by atomic mass is 79.9. The van der Waals surface area contributed by atoms with Crippen molar-refractivity contribution in [1.82, 2.24) is 24.5 Å². The van der Waals surface area contributed by atoms with E-state index in [9.17, 15) is 9.59 Å². The Kier molecular flexibility index (Phi) is 5.83. The highest BCUT2D eigenvalue weighted by Crippen LogP contribution is 2.20. The number of halogens is 1. The number of hydrogen-bond acceptors (Lipinski definition) is 6. The Hall–Kier alpha value is -3.01. The van der Waals surface area contributed by atoms with E-state index < -0.39 is 0 Å². The average molecular weight is 460 g/mol. The van der Waals surface area contributed by atoms with Crippen LogP contribution in [0.25, 0.3) is 5.78 Å². The van der Waals surface area contributed by atoms with Crippen molar-refractivity contribution in [2.75, 3.05) is 24.6 Å². The van der Waals surface area contributed by atoms with Crippen molar-refractivity contribution in [3.05, 3.63) is 45.2 Å². The van der Waals surface area contributed by atoms with Crippen LogP contribution in [0.15, 0.2) is 22.7 Å². The van der Waals surface area contributed by atoms with Crippen LogP contribution in [0, 0.1) is 20.8 Å². The van der Waals surface area contributed by atoms with Gasteiger partial charge in [0.25, 0.3) is 5.78 Å². The van der Waals surface area contributed by atoms with Crippen molar-refractivity contribution in [3.63, 3.8) is 0 Å². The van der Waals surface area contributed by atoms with Crippen molar-refractivity contribution >= 4 is 45.2 Å². The number of carbonyl (C=O) groups is 2. The Balaban J connectivity index is 1.69. The molecule has 0 aliphatic heterocycles. The largest absolute Gasteiger partial charge is 0.366 e. The van der Waals surface area contributed by atoms with E-state index in [0.717, 1.165) is 21.3 Å². The molecule has 0 aliphatic carbocycles. The fraction of sp³-hybridized carbons (Fsp3) is 0.316. The number of fused-ring (bicyclic) bond motifs is 1. The summed E-state index contributed by atoms with van der Waals surface area (Å²) in [6.07, 6.45) is 0.0987. The molecule has 0 spiro atoms. The SMILES string of the molecule is Cc1cc(Br)ccc1NC(=O)CN(C)C(=O)Cc1c(C)nc2nc(N)nn2c1C. The number of likely N-dealkylation sites (N-methyl/N-ethyl adjacent to an activating group) is 1. The van der Waals surface area contributed by atoms with E-state index in [2.05, 4.69) is 36.3 Å². The predicted octanol–water partition coefficient (Wildman–Crippen LogP) is 2.03. The first-order valence-corrected chi connectivity index (χ1v) is 9.73. The normalized spacial score (nSPS) is 10.9. The molecule has 0 unspecified atom stereocenters. The van der Waals surface area contributed by atoms with Crippen molar-refractivity contribution in [2.45, 2.75) is 27.2 Å². The molecule has 9 nitrogen and oxygen atoms in total. The lowest BCUT2D eigenvalue weighted by Crippen LogP contribution is -2.36. The highest BCUT2D eigenvalue weighted by Gasteiger charge is 2.19. The number of nitrogens with two attached hydrogens (primary N) is 1. The molecule has 0 atom stereocenters. The van der Waals surface area contributed by atoms with Gasteiger partial charge in [0.15, 0.2) is 0 Å². The third kappa shape index (κ3) is 4.53. The molecule has 1 aromatic carbocycles. The number of nitrogens with zero attached hydrogens (tertiary/aromatic N) is 5. The van der Waals surface area contributed by atoms with Gasteiger partial charge in [-0.2, -0.15) is 9.50 Å². The van der Waals surface area contributed by atoms with Crippen LogP contribution < -0.4 is 11.1 Å². The molecule has 0 saturated carbocycles. The van der Waals surface area contributed by atoms with E-state index >= 15 is 0 Å². The third-order valence-corrected chi connectivity index (χ3v) is 5.16. The van der Waals surface area contributed by atoms with Gasteiger partial charge in [0, 0.05) is 34.2 Å². The third-order valence-electron chi connectivity index (χ3n) is 4.66. The van der Waals surface area contributed by atoms with Gasteiger partial charge >= 0.3 is 0 Å². The number of benzene rings is 1. The van der Waals surface area contributed by atoms with E-state index in [1.54, 1.807) is 7.05 Å². The van der Waals surface area contributed by atoms with Gasteiger partial charge in [-0.3, -0.25) is 9.59 Å². The molecule has 3 rings (SSSR count). The molecule has 10 heteroatoms. The number of rotatable bonds is 5. The minimum absolute atomic E-state index is 0.0572. The summed E-state index contributed by atoms with van der Waals surface area (Å²) in [5.41, 5.74) is 9.45. The van der Waals surface area contributed by atoms with Gasteiger partial charge in [0.05, 0.1) is 13.0 Å². The smallest absolute Gasteiger partial charge is 0.254 e. The van der Waals surface area contributed by atoms with Crippen LogP contribution in [0.2, 0.25) is 0 Å². The Morgan fingerprint density at radius 2 is 1.97 bits per heavy atom. The number of amides is 2. The summed E-state index contributed by atoms with van der Waals surface area (Å²) in [5.74, 6) is 0.0530. The van der Waals surface area contributed by atoms with Crippen LogP contribution in [-0.4, -0.2) is 49.9 Å². The minimum atomic E-state index is -0.266. The lowest BCUT2D eigenvalue weighted by atomic mass is 10.1. The number of anilines is 2. The van der Waals surface area contributed by atoms with Crippen LogP contribution in [0.3, 0.4) is 0 Å². The Morgan fingerprint density at radius 1 is 1.24 bits per heavy atom. The summed E-state index contributed by atoms with van der Waals surface area (Å²) in [5, 5.41) is 6.94. The molecule has 29 heavy (non-hydrogen) atoms. The fourth-order valence-electron chi connectivity index (χ4n) is 3.03. The minimum Gasteiger partial charge on any atom is -0.366 e. The fourth-order valence-corrected chi connectivity index (χ4v) is 3.50.